The minimum atomic E-state index is -0.213. The summed E-state index contributed by atoms with van der Waals surface area (Å²) in [4.78, 5) is 4.24. The Morgan fingerprint density at radius 2 is 2.30 bits per heavy atom. The van der Waals surface area contributed by atoms with Crippen molar-refractivity contribution in [2.24, 2.45) is 0 Å². The van der Waals surface area contributed by atoms with Crippen molar-refractivity contribution >= 4 is 0 Å². The number of nitrogens with one attached hydrogen (secondary N) is 1. The van der Waals surface area contributed by atoms with Gasteiger partial charge in [0.05, 0.1) is 13.2 Å². The zero-order chi connectivity index (χ0) is 16.1. The third kappa shape index (κ3) is 4.50. The molecule has 0 bridgehead atoms. The molecule has 1 fully saturated rings. The van der Waals surface area contributed by atoms with Crippen LogP contribution in [0.25, 0.3) is 0 Å². The van der Waals surface area contributed by atoms with E-state index in [1.807, 2.05) is 25.1 Å². The highest BCUT2D eigenvalue weighted by molar-refractivity contribution is 5.22. The Morgan fingerprint density at radius 3 is 3.09 bits per heavy atom. The highest BCUT2D eigenvalue weighted by Crippen LogP contribution is 2.17. The van der Waals surface area contributed by atoms with Crippen molar-refractivity contribution in [2.45, 2.75) is 32.0 Å². The van der Waals surface area contributed by atoms with E-state index in [0.29, 0.717) is 19.0 Å². The number of pyridine rings is 1. The van der Waals surface area contributed by atoms with Gasteiger partial charge in [0.2, 0.25) is 5.88 Å². The lowest BCUT2D eigenvalue weighted by atomic mass is 10.1. The molecule has 122 valence electrons. The van der Waals surface area contributed by atoms with Crippen LogP contribution in [0, 0.1) is 5.82 Å². The Hall–Kier alpha value is -1.98. The van der Waals surface area contributed by atoms with Gasteiger partial charge in [0, 0.05) is 31.3 Å². The van der Waals surface area contributed by atoms with Crippen molar-refractivity contribution < 1.29 is 13.9 Å². The molecule has 23 heavy (non-hydrogen) atoms. The number of nitrogens with zero attached hydrogens (tertiary/aromatic N) is 1. The van der Waals surface area contributed by atoms with E-state index in [0.717, 1.165) is 24.2 Å². The van der Waals surface area contributed by atoms with Crippen molar-refractivity contribution in [3.63, 3.8) is 0 Å². The quantitative estimate of drug-likeness (QED) is 0.888. The molecule has 1 saturated heterocycles. The molecule has 1 aliphatic rings. The molecule has 3 rings (SSSR count). The van der Waals surface area contributed by atoms with Gasteiger partial charge in [-0.15, -0.1) is 0 Å². The van der Waals surface area contributed by atoms with Crippen molar-refractivity contribution in [1.29, 1.82) is 0 Å². The lowest BCUT2D eigenvalue weighted by Gasteiger charge is -2.15. The SMILES string of the molecule is CC(NCc1ccnc(OC2CCOC2)c1)c1cccc(F)c1. The van der Waals surface area contributed by atoms with Crippen LogP contribution in [0.5, 0.6) is 5.88 Å². The summed E-state index contributed by atoms with van der Waals surface area (Å²) in [6.07, 6.45) is 2.74. The van der Waals surface area contributed by atoms with Gasteiger partial charge in [-0.3, -0.25) is 0 Å². The van der Waals surface area contributed by atoms with Crippen LogP contribution < -0.4 is 10.1 Å². The van der Waals surface area contributed by atoms with Crippen LogP contribution in [-0.2, 0) is 11.3 Å². The van der Waals surface area contributed by atoms with E-state index in [4.69, 9.17) is 9.47 Å². The molecule has 5 heteroatoms. The van der Waals surface area contributed by atoms with E-state index < -0.39 is 0 Å². The molecule has 1 aromatic carbocycles. The average molecular weight is 316 g/mol. The summed E-state index contributed by atoms with van der Waals surface area (Å²) in [7, 11) is 0. The highest BCUT2D eigenvalue weighted by atomic mass is 19.1. The summed E-state index contributed by atoms with van der Waals surface area (Å²) in [5, 5.41) is 3.39. The zero-order valence-electron chi connectivity index (χ0n) is 13.2. The third-order valence-corrected chi connectivity index (χ3v) is 3.94. The predicted molar refractivity (Wildman–Crippen MR) is 85.7 cm³/mol. The van der Waals surface area contributed by atoms with Crippen molar-refractivity contribution in [3.05, 3.63) is 59.5 Å². The number of aromatic nitrogens is 1. The van der Waals surface area contributed by atoms with Crippen LogP contribution in [0.15, 0.2) is 42.6 Å². The fourth-order valence-corrected chi connectivity index (χ4v) is 2.57. The van der Waals surface area contributed by atoms with Gasteiger partial charge in [-0.1, -0.05) is 12.1 Å². The van der Waals surface area contributed by atoms with E-state index in [9.17, 15) is 4.39 Å². The second-order valence-electron chi connectivity index (χ2n) is 5.76. The largest absolute Gasteiger partial charge is 0.472 e. The standard InChI is InChI=1S/C18H21FN2O2/c1-13(15-3-2-4-16(19)10-15)21-11-14-5-7-20-18(9-14)23-17-6-8-22-12-17/h2-5,7,9-10,13,17,21H,6,8,11-12H2,1H3. The van der Waals surface area contributed by atoms with Crippen molar-refractivity contribution in [2.75, 3.05) is 13.2 Å². The summed E-state index contributed by atoms with van der Waals surface area (Å²) in [6, 6.07) is 10.6. The molecule has 2 atom stereocenters. The first-order chi connectivity index (χ1) is 11.2. The topological polar surface area (TPSA) is 43.4 Å². The second-order valence-corrected chi connectivity index (χ2v) is 5.76. The third-order valence-electron chi connectivity index (χ3n) is 3.94. The van der Waals surface area contributed by atoms with Gasteiger partial charge in [0.15, 0.2) is 0 Å². The second kappa shape index (κ2) is 7.53. The van der Waals surface area contributed by atoms with Gasteiger partial charge >= 0.3 is 0 Å². The van der Waals surface area contributed by atoms with E-state index in [-0.39, 0.29) is 18.0 Å². The number of halogens is 1. The molecule has 4 nitrogen and oxygen atoms in total. The molecule has 1 aliphatic heterocycles. The van der Waals surface area contributed by atoms with Gasteiger partial charge in [0.1, 0.15) is 11.9 Å². The number of benzene rings is 1. The normalized spacial score (nSPS) is 18.8. The van der Waals surface area contributed by atoms with Crippen LogP contribution in [0.3, 0.4) is 0 Å². The van der Waals surface area contributed by atoms with Crippen LogP contribution in [0.1, 0.15) is 30.5 Å². The maximum atomic E-state index is 13.3. The number of ether oxygens (including phenoxy) is 2. The zero-order valence-corrected chi connectivity index (χ0v) is 13.2. The molecule has 0 spiro atoms. The minimum absolute atomic E-state index is 0.0615. The highest BCUT2D eigenvalue weighted by Gasteiger charge is 2.17. The van der Waals surface area contributed by atoms with Crippen LogP contribution in [-0.4, -0.2) is 24.3 Å². The molecular weight excluding hydrogens is 295 g/mol. The lowest BCUT2D eigenvalue weighted by Crippen LogP contribution is -2.19. The molecule has 0 aliphatic carbocycles. The first-order valence-corrected chi connectivity index (χ1v) is 7.89. The van der Waals surface area contributed by atoms with Crippen LogP contribution in [0.2, 0.25) is 0 Å². The number of hydrogen-bond acceptors (Lipinski definition) is 4. The van der Waals surface area contributed by atoms with Gasteiger partial charge in [-0.05, 0) is 36.2 Å². The molecule has 1 N–H and O–H groups in total. The van der Waals surface area contributed by atoms with E-state index >= 15 is 0 Å². The molecule has 0 amide bonds. The Balaban J connectivity index is 1.57. The fraction of sp³-hybridized carbons (Fsp3) is 0.389. The first-order valence-electron chi connectivity index (χ1n) is 7.89. The minimum Gasteiger partial charge on any atom is -0.472 e. The Labute approximate surface area is 135 Å². The predicted octanol–water partition coefficient (Wildman–Crippen LogP) is 3.24. The summed E-state index contributed by atoms with van der Waals surface area (Å²) < 4.78 is 24.4. The maximum absolute atomic E-state index is 13.3. The van der Waals surface area contributed by atoms with Gasteiger partial charge in [-0.25, -0.2) is 9.37 Å². The molecule has 2 unspecified atom stereocenters. The summed E-state index contributed by atoms with van der Waals surface area (Å²) in [5.41, 5.74) is 2.01. The first kappa shape index (κ1) is 15.9. The summed E-state index contributed by atoms with van der Waals surface area (Å²) in [5.74, 6) is 0.410. The van der Waals surface area contributed by atoms with Crippen LogP contribution >= 0.6 is 0 Å². The summed E-state index contributed by atoms with van der Waals surface area (Å²) >= 11 is 0. The lowest BCUT2D eigenvalue weighted by molar-refractivity contribution is 0.138. The fourth-order valence-electron chi connectivity index (χ4n) is 2.57. The molecule has 2 aromatic rings. The van der Waals surface area contributed by atoms with Crippen molar-refractivity contribution in [3.8, 4) is 5.88 Å². The van der Waals surface area contributed by atoms with E-state index in [1.54, 1.807) is 18.3 Å². The van der Waals surface area contributed by atoms with Gasteiger partial charge < -0.3 is 14.8 Å². The monoisotopic (exact) mass is 316 g/mol. The Bertz CT molecular complexity index is 644. The number of rotatable bonds is 6. The molecule has 0 radical (unpaired) electrons. The molecular formula is C18H21FN2O2. The Morgan fingerprint density at radius 1 is 1.39 bits per heavy atom. The smallest absolute Gasteiger partial charge is 0.213 e. The maximum Gasteiger partial charge on any atom is 0.213 e. The summed E-state index contributed by atoms with van der Waals surface area (Å²) in [6.45, 7) is 4.05. The Kier molecular flexibility index (Phi) is 5.20. The molecule has 2 heterocycles. The van der Waals surface area contributed by atoms with E-state index in [2.05, 4.69) is 10.3 Å². The van der Waals surface area contributed by atoms with Gasteiger partial charge in [-0.2, -0.15) is 0 Å². The molecule has 0 saturated carbocycles. The van der Waals surface area contributed by atoms with Gasteiger partial charge in [0.25, 0.3) is 0 Å². The van der Waals surface area contributed by atoms with Crippen molar-refractivity contribution in [1.82, 2.24) is 10.3 Å². The molecule has 1 aromatic heterocycles. The van der Waals surface area contributed by atoms with Crippen LogP contribution in [0.4, 0.5) is 4.39 Å². The van der Waals surface area contributed by atoms with E-state index in [1.165, 1.54) is 6.07 Å². The number of hydrogen-bond donors (Lipinski definition) is 1. The average Bonchev–Trinajstić information content (AvgIpc) is 3.06.